The van der Waals surface area contributed by atoms with E-state index in [1.54, 1.807) is 6.07 Å². The van der Waals surface area contributed by atoms with Crippen molar-refractivity contribution < 1.29 is 23.9 Å². The zero-order valence-corrected chi connectivity index (χ0v) is 14.4. The second-order valence-electron chi connectivity index (χ2n) is 5.52. The van der Waals surface area contributed by atoms with Crippen LogP contribution in [0.2, 0.25) is 0 Å². The Hall–Kier alpha value is -3.35. The molecule has 0 aliphatic rings. The maximum Gasteiger partial charge on any atom is 0.342 e. The lowest BCUT2D eigenvalue weighted by molar-refractivity contribution is 0.0426. The van der Waals surface area contributed by atoms with Gasteiger partial charge in [0.1, 0.15) is 17.1 Å². The number of aryl methyl sites for hydroxylation is 1. The summed E-state index contributed by atoms with van der Waals surface area (Å²) in [7, 11) is 1.47. The van der Waals surface area contributed by atoms with Crippen molar-refractivity contribution in [3.8, 4) is 22.9 Å². The fourth-order valence-corrected chi connectivity index (χ4v) is 2.34. The van der Waals surface area contributed by atoms with Crippen LogP contribution in [0.4, 0.5) is 0 Å². The molecule has 0 fully saturated rings. The van der Waals surface area contributed by atoms with Crippen LogP contribution in [0, 0.1) is 0 Å². The molecule has 0 radical (unpaired) electrons. The Bertz CT molecular complexity index is 903. The van der Waals surface area contributed by atoms with Gasteiger partial charge in [0.05, 0.1) is 7.11 Å². The second kappa shape index (κ2) is 7.69. The van der Waals surface area contributed by atoms with Gasteiger partial charge in [0.15, 0.2) is 6.61 Å². The molecule has 26 heavy (non-hydrogen) atoms. The minimum absolute atomic E-state index is 0.0284. The molecule has 3 rings (SSSR count). The van der Waals surface area contributed by atoms with Crippen molar-refractivity contribution in [1.29, 1.82) is 0 Å². The molecule has 1 heterocycles. The Morgan fingerprint density at radius 2 is 1.96 bits per heavy atom. The summed E-state index contributed by atoms with van der Waals surface area (Å²) in [4.78, 5) is 16.3. The fourth-order valence-electron chi connectivity index (χ4n) is 2.34. The van der Waals surface area contributed by atoms with E-state index in [1.165, 1.54) is 24.8 Å². The smallest absolute Gasteiger partial charge is 0.342 e. The van der Waals surface area contributed by atoms with Gasteiger partial charge < -0.3 is 19.1 Å². The molecule has 0 aliphatic heterocycles. The standard InChI is InChI=1S/C19H18N2O5/c1-3-12-4-6-13(7-5-12)18-20-17(26-21-18)11-25-19(23)15-9-8-14(24-2)10-16(15)22/h4-10,22H,3,11H2,1-2H3. The first-order valence-electron chi connectivity index (χ1n) is 8.06. The van der Waals surface area contributed by atoms with Gasteiger partial charge in [0.25, 0.3) is 5.89 Å². The normalized spacial score (nSPS) is 10.5. The molecule has 0 spiro atoms. The first-order valence-corrected chi connectivity index (χ1v) is 8.06. The van der Waals surface area contributed by atoms with E-state index in [4.69, 9.17) is 14.0 Å². The molecular weight excluding hydrogens is 336 g/mol. The van der Waals surface area contributed by atoms with E-state index in [2.05, 4.69) is 17.1 Å². The van der Waals surface area contributed by atoms with Crippen LogP contribution in [0.3, 0.4) is 0 Å². The molecule has 3 aromatic rings. The van der Waals surface area contributed by atoms with E-state index in [-0.39, 0.29) is 23.8 Å². The lowest BCUT2D eigenvalue weighted by Gasteiger charge is -2.06. The number of rotatable bonds is 6. The summed E-state index contributed by atoms with van der Waals surface area (Å²) in [6.45, 7) is 1.89. The molecule has 1 N–H and O–H groups in total. The van der Waals surface area contributed by atoms with E-state index in [9.17, 15) is 9.90 Å². The first-order chi connectivity index (χ1) is 12.6. The monoisotopic (exact) mass is 354 g/mol. The molecular formula is C19H18N2O5. The van der Waals surface area contributed by atoms with Crippen molar-refractivity contribution in [3.63, 3.8) is 0 Å². The molecule has 134 valence electrons. The fraction of sp³-hybridized carbons (Fsp3) is 0.211. The third-order valence-corrected chi connectivity index (χ3v) is 3.84. The highest BCUT2D eigenvalue weighted by molar-refractivity contribution is 5.92. The summed E-state index contributed by atoms with van der Waals surface area (Å²) >= 11 is 0. The largest absolute Gasteiger partial charge is 0.507 e. The van der Waals surface area contributed by atoms with E-state index in [0.717, 1.165) is 12.0 Å². The van der Waals surface area contributed by atoms with Gasteiger partial charge in [0.2, 0.25) is 5.82 Å². The SMILES string of the molecule is CCc1ccc(-c2noc(COC(=O)c3ccc(OC)cc3O)n2)cc1. The maximum atomic E-state index is 12.1. The highest BCUT2D eigenvalue weighted by Crippen LogP contribution is 2.24. The first kappa shape index (κ1) is 17.5. The van der Waals surface area contributed by atoms with Crippen molar-refractivity contribution >= 4 is 5.97 Å². The van der Waals surface area contributed by atoms with Crippen molar-refractivity contribution in [3.05, 3.63) is 59.5 Å². The van der Waals surface area contributed by atoms with E-state index < -0.39 is 5.97 Å². The molecule has 0 bridgehead atoms. The molecule has 0 amide bonds. The predicted octanol–water partition coefficient (Wildman–Crippen LogP) is 3.37. The van der Waals surface area contributed by atoms with Crippen molar-refractivity contribution in [2.24, 2.45) is 0 Å². The van der Waals surface area contributed by atoms with Gasteiger partial charge in [-0.3, -0.25) is 0 Å². The van der Waals surface area contributed by atoms with Crippen LogP contribution in [0.15, 0.2) is 47.0 Å². The van der Waals surface area contributed by atoms with Gasteiger partial charge in [-0.2, -0.15) is 4.98 Å². The molecule has 0 saturated carbocycles. The Morgan fingerprint density at radius 3 is 2.62 bits per heavy atom. The van der Waals surface area contributed by atoms with Crippen LogP contribution in [0.5, 0.6) is 11.5 Å². The number of carbonyl (C=O) groups excluding carboxylic acids is 1. The Kier molecular flexibility index (Phi) is 5.17. The number of phenols is 1. The molecule has 2 aromatic carbocycles. The highest BCUT2D eigenvalue weighted by atomic mass is 16.6. The second-order valence-corrected chi connectivity index (χ2v) is 5.52. The van der Waals surface area contributed by atoms with E-state index in [0.29, 0.717) is 11.6 Å². The number of benzene rings is 2. The average Bonchev–Trinajstić information content (AvgIpc) is 3.15. The number of nitrogens with zero attached hydrogens (tertiary/aromatic N) is 2. The predicted molar refractivity (Wildman–Crippen MR) is 92.9 cm³/mol. The van der Waals surface area contributed by atoms with Crippen LogP contribution < -0.4 is 4.74 Å². The average molecular weight is 354 g/mol. The minimum Gasteiger partial charge on any atom is -0.507 e. The minimum atomic E-state index is -0.697. The van der Waals surface area contributed by atoms with Crippen LogP contribution >= 0.6 is 0 Å². The number of ether oxygens (including phenoxy) is 2. The van der Waals surface area contributed by atoms with Crippen LogP contribution in [0.25, 0.3) is 11.4 Å². The summed E-state index contributed by atoms with van der Waals surface area (Å²) in [5.41, 5.74) is 2.06. The van der Waals surface area contributed by atoms with Gasteiger partial charge in [0, 0.05) is 11.6 Å². The third-order valence-electron chi connectivity index (χ3n) is 3.84. The Labute approximate surface area is 150 Å². The zero-order chi connectivity index (χ0) is 18.5. The molecule has 7 heteroatoms. The van der Waals surface area contributed by atoms with E-state index in [1.807, 2.05) is 24.3 Å². The number of methoxy groups -OCH3 is 1. The highest BCUT2D eigenvalue weighted by Gasteiger charge is 2.16. The molecule has 1 aromatic heterocycles. The summed E-state index contributed by atoms with van der Waals surface area (Å²) < 4.78 is 15.2. The Morgan fingerprint density at radius 1 is 1.19 bits per heavy atom. The zero-order valence-electron chi connectivity index (χ0n) is 14.4. The van der Waals surface area contributed by atoms with E-state index >= 15 is 0 Å². The molecule has 0 atom stereocenters. The Balaban J connectivity index is 1.65. The number of hydrogen-bond donors (Lipinski definition) is 1. The summed E-state index contributed by atoms with van der Waals surface area (Å²) in [5, 5.41) is 13.7. The van der Waals surface area contributed by atoms with Gasteiger partial charge in [-0.25, -0.2) is 4.79 Å². The molecule has 0 unspecified atom stereocenters. The lowest BCUT2D eigenvalue weighted by Crippen LogP contribution is -2.06. The van der Waals surface area contributed by atoms with Gasteiger partial charge >= 0.3 is 5.97 Å². The van der Waals surface area contributed by atoms with Crippen LogP contribution in [-0.2, 0) is 17.8 Å². The number of hydrogen-bond acceptors (Lipinski definition) is 7. The molecule has 7 nitrogen and oxygen atoms in total. The third kappa shape index (κ3) is 3.83. The van der Waals surface area contributed by atoms with Crippen molar-refractivity contribution in [2.45, 2.75) is 20.0 Å². The topological polar surface area (TPSA) is 94.7 Å². The van der Waals surface area contributed by atoms with Gasteiger partial charge in [-0.1, -0.05) is 36.3 Å². The molecule has 0 saturated heterocycles. The number of aromatic nitrogens is 2. The quantitative estimate of drug-likeness (QED) is 0.678. The van der Waals surface area contributed by atoms with Crippen molar-refractivity contribution in [2.75, 3.05) is 7.11 Å². The number of esters is 1. The van der Waals surface area contributed by atoms with Crippen LogP contribution in [-0.4, -0.2) is 28.3 Å². The number of phenolic OH excluding ortho intramolecular Hbond substituents is 1. The molecule has 0 aliphatic carbocycles. The lowest BCUT2D eigenvalue weighted by atomic mass is 10.1. The summed E-state index contributed by atoms with van der Waals surface area (Å²) in [6.07, 6.45) is 0.950. The van der Waals surface area contributed by atoms with Gasteiger partial charge in [-0.05, 0) is 24.1 Å². The van der Waals surface area contributed by atoms with Gasteiger partial charge in [-0.15, -0.1) is 0 Å². The van der Waals surface area contributed by atoms with Crippen LogP contribution in [0.1, 0.15) is 28.7 Å². The number of carbonyl (C=O) groups is 1. The number of aromatic hydroxyl groups is 1. The summed E-state index contributed by atoms with van der Waals surface area (Å²) in [5.74, 6) is 0.107. The maximum absolute atomic E-state index is 12.1. The summed E-state index contributed by atoms with van der Waals surface area (Å²) in [6, 6.07) is 12.1. The van der Waals surface area contributed by atoms with Crippen molar-refractivity contribution in [1.82, 2.24) is 10.1 Å².